The average Bonchev–Trinajstić information content (AvgIpc) is 3.41. The van der Waals surface area contributed by atoms with Crippen LogP contribution in [0.3, 0.4) is 0 Å². The number of halogens is 8. The lowest BCUT2D eigenvalue weighted by atomic mass is 9.82. The maximum atomic E-state index is 13.5. The van der Waals surface area contributed by atoms with E-state index >= 15 is 0 Å². The van der Waals surface area contributed by atoms with Gasteiger partial charge < -0.3 is 9.47 Å². The Balaban J connectivity index is 1.56. The third-order valence-electron chi connectivity index (χ3n) is 6.41. The molecule has 1 aliphatic heterocycles. The Bertz CT molecular complexity index is 1320. The second-order valence-electron chi connectivity index (χ2n) is 8.61. The van der Waals surface area contributed by atoms with Crippen molar-refractivity contribution in [3.8, 4) is 11.5 Å². The summed E-state index contributed by atoms with van der Waals surface area (Å²) in [5.74, 6) is -4.27. The lowest BCUT2D eigenvalue weighted by Crippen LogP contribution is -2.39. The number of hydrogen-bond acceptors (Lipinski definition) is 4. The van der Waals surface area contributed by atoms with Gasteiger partial charge in [-0.25, -0.2) is 4.90 Å². The van der Waals surface area contributed by atoms with E-state index in [4.69, 9.17) is 23.2 Å². The van der Waals surface area contributed by atoms with Gasteiger partial charge >= 0.3 is 12.7 Å². The molecule has 3 aromatic carbocycles. The third kappa shape index (κ3) is 4.54. The van der Waals surface area contributed by atoms with Crippen LogP contribution in [0.15, 0.2) is 66.7 Å². The Morgan fingerprint density at radius 1 is 0.658 bits per heavy atom. The van der Waals surface area contributed by atoms with E-state index in [-0.39, 0.29) is 15.7 Å². The maximum Gasteiger partial charge on any atom is 0.573 e. The maximum absolute atomic E-state index is 13.5. The molecule has 1 saturated carbocycles. The standard InChI is InChI=1S/C25H13Cl2F6NO4/c26-14-9-15(27)11-16(10-14)34-21(35)19-20(22(34)36)23(19,12-1-5-17(6-2-12)37-24(28,29)30)13-3-7-18(8-4-13)38-25(31,32)33/h1-11,19-20H/t19-,20+. The van der Waals surface area contributed by atoms with Gasteiger partial charge in [0.15, 0.2) is 0 Å². The molecular weight excluding hydrogens is 563 g/mol. The number of ether oxygens (including phenoxy) is 2. The molecule has 13 heteroatoms. The quantitative estimate of drug-likeness (QED) is 0.245. The topological polar surface area (TPSA) is 55.8 Å². The van der Waals surface area contributed by atoms with Gasteiger partial charge in [-0.3, -0.25) is 9.59 Å². The largest absolute Gasteiger partial charge is 0.573 e. The number of anilines is 1. The van der Waals surface area contributed by atoms with E-state index in [1.54, 1.807) is 0 Å². The monoisotopic (exact) mass is 575 g/mol. The van der Waals surface area contributed by atoms with Gasteiger partial charge in [0.1, 0.15) is 11.5 Å². The number of imide groups is 1. The van der Waals surface area contributed by atoms with Gasteiger partial charge in [0.2, 0.25) is 11.8 Å². The minimum atomic E-state index is -4.94. The molecule has 5 nitrogen and oxygen atoms in total. The highest BCUT2D eigenvalue weighted by Crippen LogP contribution is 2.68. The van der Waals surface area contributed by atoms with E-state index in [1.807, 2.05) is 0 Å². The van der Waals surface area contributed by atoms with Gasteiger partial charge in [0, 0.05) is 15.5 Å². The molecule has 0 aromatic heterocycles. The summed E-state index contributed by atoms with van der Waals surface area (Å²) < 4.78 is 83.6. The van der Waals surface area contributed by atoms with Crippen LogP contribution in [0.5, 0.6) is 11.5 Å². The number of rotatable bonds is 5. The van der Waals surface area contributed by atoms with Crippen molar-refractivity contribution < 1.29 is 45.4 Å². The van der Waals surface area contributed by atoms with E-state index in [0.717, 1.165) is 29.2 Å². The SMILES string of the molecule is O=C1[C@@H]2[C@H](C(=O)N1c1cc(Cl)cc(Cl)c1)C2(c1ccc(OC(F)(F)F)cc1)c1ccc(OC(F)(F)F)cc1. The van der Waals surface area contributed by atoms with Crippen LogP contribution in [0.1, 0.15) is 11.1 Å². The van der Waals surface area contributed by atoms with Crippen molar-refractivity contribution in [3.05, 3.63) is 87.9 Å². The number of alkyl halides is 6. The summed E-state index contributed by atoms with van der Waals surface area (Å²) in [7, 11) is 0. The second-order valence-corrected chi connectivity index (χ2v) is 9.48. The zero-order valence-corrected chi connectivity index (χ0v) is 20.1. The average molecular weight is 576 g/mol. The summed E-state index contributed by atoms with van der Waals surface area (Å²) in [5.41, 5.74) is -0.601. The van der Waals surface area contributed by atoms with Crippen LogP contribution in [0.4, 0.5) is 32.0 Å². The highest BCUT2D eigenvalue weighted by Gasteiger charge is 2.78. The third-order valence-corrected chi connectivity index (χ3v) is 6.85. The van der Waals surface area contributed by atoms with Gasteiger partial charge in [-0.15, -0.1) is 26.3 Å². The van der Waals surface area contributed by atoms with Crippen LogP contribution in [-0.2, 0) is 15.0 Å². The fraction of sp³-hybridized carbons (Fsp3) is 0.200. The molecule has 2 aliphatic rings. The van der Waals surface area contributed by atoms with Gasteiger partial charge in [0.25, 0.3) is 0 Å². The van der Waals surface area contributed by atoms with E-state index in [1.165, 1.54) is 42.5 Å². The number of carbonyl (C=O) groups excluding carboxylic acids is 2. The van der Waals surface area contributed by atoms with E-state index in [9.17, 15) is 35.9 Å². The van der Waals surface area contributed by atoms with Crippen molar-refractivity contribution in [1.29, 1.82) is 0 Å². The lowest BCUT2D eigenvalue weighted by Gasteiger charge is -2.27. The first kappa shape index (κ1) is 26.2. The summed E-state index contributed by atoms with van der Waals surface area (Å²) in [5, 5.41) is 0.362. The first-order chi connectivity index (χ1) is 17.7. The van der Waals surface area contributed by atoms with E-state index in [0.29, 0.717) is 11.1 Å². The second kappa shape index (κ2) is 8.81. The fourth-order valence-corrected chi connectivity index (χ4v) is 5.64. The smallest absolute Gasteiger partial charge is 0.406 e. The number of nitrogens with zero attached hydrogens (tertiary/aromatic N) is 1. The predicted molar refractivity (Wildman–Crippen MR) is 123 cm³/mol. The normalized spacial score (nSPS) is 20.4. The Morgan fingerprint density at radius 3 is 1.37 bits per heavy atom. The molecule has 1 aliphatic carbocycles. The first-order valence-electron chi connectivity index (χ1n) is 10.8. The van der Waals surface area contributed by atoms with Crippen molar-refractivity contribution in [2.75, 3.05) is 4.90 Å². The van der Waals surface area contributed by atoms with Crippen LogP contribution in [0, 0.1) is 11.8 Å². The van der Waals surface area contributed by atoms with Crippen molar-refractivity contribution in [2.45, 2.75) is 18.1 Å². The Kier molecular flexibility index (Phi) is 6.07. The van der Waals surface area contributed by atoms with Crippen LogP contribution in [0.2, 0.25) is 10.0 Å². The summed E-state index contributed by atoms with van der Waals surface area (Å²) in [6.45, 7) is 0. The Labute approximate surface area is 220 Å². The van der Waals surface area contributed by atoms with Crippen molar-refractivity contribution >= 4 is 40.7 Å². The molecule has 2 atom stereocenters. The minimum Gasteiger partial charge on any atom is -0.406 e. The Morgan fingerprint density at radius 2 is 1.03 bits per heavy atom. The molecule has 5 rings (SSSR count). The van der Waals surface area contributed by atoms with Crippen LogP contribution >= 0.6 is 23.2 Å². The summed E-state index contributed by atoms with van der Waals surface area (Å²) in [6.07, 6.45) is -9.87. The number of carbonyl (C=O) groups is 2. The van der Waals surface area contributed by atoms with Crippen molar-refractivity contribution in [1.82, 2.24) is 0 Å². The van der Waals surface area contributed by atoms with Crippen molar-refractivity contribution in [3.63, 3.8) is 0 Å². The molecule has 0 unspecified atom stereocenters. The molecule has 2 amide bonds. The molecule has 0 spiro atoms. The fourth-order valence-electron chi connectivity index (χ4n) is 5.12. The van der Waals surface area contributed by atoms with Gasteiger partial charge in [-0.2, -0.15) is 0 Å². The predicted octanol–water partition coefficient (Wildman–Crippen LogP) is 6.90. The van der Waals surface area contributed by atoms with Gasteiger partial charge in [0.05, 0.1) is 17.5 Å². The molecule has 1 heterocycles. The molecule has 0 bridgehead atoms. The minimum absolute atomic E-state index is 0.140. The van der Waals surface area contributed by atoms with E-state index in [2.05, 4.69) is 9.47 Å². The number of hydrogen-bond donors (Lipinski definition) is 0. The number of amides is 2. The molecule has 0 radical (unpaired) electrons. The number of fused-ring (bicyclic) bond motifs is 1. The summed E-state index contributed by atoms with van der Waals surface area (Å²) in [6, 6.07) is 13.4. The molecule has 38 heavy (non-hydrogen) atoms. The van der Waals surface area contributed by atoms with Crippen LogP contribution < -0.4 is 14.4 Å². The first-order valence-corrected chi connectivity index (χ1v) is 11.5. The molecule has 2 fully saturated rings. The highest BCUT2D eigenvalue weighted by atomic mass is 35.5. The molecule has 1 saturated heterocycles. The van der Waals surface area contributed by atoms with Crippen LogP contribution in [0.25, 0.3) is 0 Å². The molecular formula is C25H13Cl2F6NO4. The lowest BCUT2D eigenvalue weighted by molar-refractivity contribution is -0.275. The highest BCUT2D eigenvalue weighted by molar-refractivity contribution is 6.36. The van der Waals surface area contributed by atoms with Crippen LogP contribution in [-0.4, -0.2) is 24.5 Å². The zero-order valence-electron chi connectivity index (χ0n) is 18.6. The van der Waals surface area contributed by atoms with E-state index < -0.39 is 53.3 Å². The Hall–Kier alpha value is -3.44. The number of benzene rings is 3. The molecule has 198 valence electrons. The number of piperidine rings is 1. The molecule has 0 N–H and O–H groups in total. The van der Waals surface area contributed by atoms with Gasteiger partial charge in [-0.05, 0) is 53.6 Å². The summed E-state index contributed by atoms with van der Waals surface area (Å²) >= 11 is 12.0. The zero-order chi connectivity index (χ0) is 27.6. The summed E-state index contributed by atoms with van der Waals surface area (Å²) in [4.78, 5) is 28.0. The molecule has 3 aromatic rings. The van der Waals surface area contributed by atoms with Gasteiger partial charge in [-0.1, -0.05) is 47.5 Å². The van der Waals surface area contributed by atoms with Crippen molar-refractivity contribution in [2.24, 2.45) is 11.8 Å².